The van der Waals surface area contributed by atoms with Crippen LogP contribution in [0, 0.1) is 17.3 Å². The van der Waals surface area contributed by atoms with Crippen LogP contribution in [0.4, 0.5) is 0 Å². The highest BCUT2D eigenvalue weighted by atomic mass is 16.5. The van der Waals surface area contributed by atoms with Gasteiger partial charge in [-0.1, -0.05) is 19.1 Å². The fraction of sp³-hybridized carbons (Fsp3) is 0.400. The smallest absolute Gasteiger partial charge is 0.208 e. The number of ketones is 2. The molecular formula is C20H22O5. The van der Waals surface area contributed by atoms with Gasteiger partial charge in [0.25, 0.3) is 0 Å². The van der Waals surface area contributed by atoms with Crippen molar-refractivity contribution in [2.24, 2.45) is 17.3 Å². The summed E-state index contributed by atoms with van der Waals surface area (Å²) in [5.41, 5.74) is 0.00658. The highest BCUT2D eigenvalue weighted by molar-refractivity contribution is 6.17. The Hall–Kier alpha value is -2.56. The van der Waals surface area contributed by atoms with Crippen LogP contribution in [0.25, 0.3) is 0 Å². The molecule has 0 spiro atoms. The van der Waals surface area contributed by atoms with Gasteiger partial charge in [-0.25, -0.2) is 0 Å². The van der Waals surface area contributed by atoms with Gasteiger partial charge in [0.2, 0.25) is 5.78 Å². The third-order valence-corrected chi connectivity index (χ3v) is 5.66. The van der Waals surface area contributed by atoms with Crippen molar-refractivity contribution in [3.05, 3.63) is 48.3 Å². The number of hydrogen-bond donors (Lipinski definition) is 1. The zero-order valence-corrected chi connectivity index (χ0v) is 14.6. The maximum absolute atomic E-state index is 13.1. The standard InChI is InChI=1S/C20H22O5/c1-5-8-20-10-15(25-4)18(22)17(19(20)23)16(11(20)2)12-6-7-13(21)14(9-12)24-3/h5-7,9-11,16-17,21H,1,8H2,2-4H3. The molecule has 0 heterocycles. The first-order valence-electron chi connectivity index (χ1n) is 8.24. The van der Waals surface area contributed by atoms with Gasteiger partial charge in [0.05, 0.1) is 25.6 Å². The minimum absolute atomic E-state index is 0.0223. The van der Waals surface area contributed by atoms with Crippen molar-refractivity contribution in [2.45, 2.75) is 19.3 Å². The fourth-order valence-corrected chi connectivity index (χ4v) is 4.36. The molecule has 3 rings (SSSR count). The normalized spacial score (nSPS) is 30.8. The number of aromatic hydroxyl groups is 1. The lowest BCUT2D eigenvalue weighted by molar-refractivity contribution is -0.136. The number of fused-ring (bicyclic) bond motifs is 2. The Morgan fingerprint density at radius 3 is 2.60 bits per heavy atom. The van der Waals surface area contributed by atoms with Crippen molar-refractivity contribution in [1.29, 1.82) is 0 Å². The van der Waals surface area contributed by atoms with Gasteiger partial charge in [-0.3, -0.25) is 9.59 Å². The highest BCUT2D eigenvalue weighted by Gasteiger charge is 2.62. The molecule has 1 fully saturated rings. The van der Waals surface area contributed by atoms with Crippen molar-refractivity contribution >= 4 is 11.6 Å². The van der Waals surface area contributed by atoms with Gasteiger partial charge in [-0.05, 0) is 36.1 Å². The van der Waals surface area contributed by atoms with E-state index < -0.39 is 11.3 Å². The summed E-state index contributed by atoms with van der Waals surface area (Å²) in [5, 5.41) is 9.85. The molecule has 1 aromatic carbocycles. The third-order valence-electron chi connectivity index (χ3n) is 5.66. The van der Waals surface area contributed by atoms with Gasteiger partial charge in [-0.15, -0.1) is 6.58 Å². The molecule has 2 aliphatic carbocycles. The third kappa shape index (κ3) is 2.29. The Morgan fingerprint density at radius 1 is 1.28 bits per heavy atom. The summed E-state index contributed by atoms with van der Waals surface area (Å²) in [4.78, 5) is 25.9. The van der Waals surface area contributed by atoms with Crippen molar-refractivity contribution in [1.82, 2.24) is 0 Å². The number of phenols is 1. The lowest BCUT2D eigenvalue weighted by Crippen LogP contribution is -2.38. The summed E-state index contributed by atoms with van der Waals surface area (Å²) in [6.07, 6.45) is 3.85. The van der Waals surface area contributed by atoms with Crippen LogP contribution in [-0.2, 0) is 14.3 Å². The van der Waals surface area contributed by atoms with E-state index in [2.05, 4.69) is 6.58 Å². The van der Waals surface area contributed by atoms with E-state index in [1.165, 1.54) is 20.3 Å². The minimum Gasteiger partial charge on any atom is -0.504 e. The van der Waals surface area contributed by atoms with E-state index in [0.717, 1.165) is 5.56 Å². The van der Waals surface area contributed by atoms with Crippen molar-refractivity contribution < 1.29 is 24.2 Å². The number of phenolic OH excluding ortho intramolecular Hbond substituents is 1. The first-order chi connectivity index (χ1) is 11.9. The highest BCUT2D eigenvalue weighted by Crippen LogP contribution is 2.59. The van der Waals surface area contributed by atoms with Crippen LogP contribution in [0.3, 0.4) is 0 Å². The molecule has 0 amide bonds. The van der Waals surface area contributed by atoms with Crippen LogP contribution in [-0.4, -0.2) is 30.9 Å². The molecule has 1 N–H and O–H groups in total. The van der Waals surface area contributed by atoms with Crippen molar-refractivity contribution in [3.63, 3.8) is 0 Å². The Labute approximate surface area is 146 Å². The van der Waals surface area contributed by atoms with E-state index in [1.807, 2.05) is 6.92 Å². The Morgan fingerprint density at radius 2 is 2.00 bits per heavy atom. The van der Waals surface area contributed by atoms with Crippen LogP contribution in [0.15, 0.2) is 42.7 Å². The van der Waals surface area contributed by atoms with E-state index in [-0.39, 0.29) is 34.9 Å². The molecule has 2 bridgehead atoms. The molecule has 0 aromatic heterocycles. The topological polar surface area (TPSA) is 72.8 Å². The number of methoxy groups -OCH3 is 2. The summed E-state index contributed by atoms with van der Waals surface area (Å²) in [5.74, 6) is -0.989. The predicted molar refractivity (Wildman–Crippen MR) is 92.4 cm³/mol. The second-order valence-corrected chi connectivity index (χ2v) is 6.70. The van der Waals surface area contributed by atoms with E-state index in [1.54, 1.807) is 24.3 Å². The second kappa shape index (κ2) is 6.06. The van der Waals surface area contributed by atoms with E-state index >= 15 is 0 Å². The van der Waals surface area contributed by atoms with Crippen LogP contribution in [0.1, 0.15) is 24.8 Å². The maximum Gasteiger partial charge on any atom is 0.208 e. The maximum atomic E-state index is 13.1. The van der Waals surface area contributed by atoms with Crippen molar-refractivity contribution in [3.8, 4) is 11.5 Å². The summed E-state index contributed by atoms with van der Waals surface area (Å²) >= 11 is 0. The number of hydrogen-bond acceptors (Lipinski definition) is 5. The van der Waals surface area contributed by atoms with Crippen molar-refractivity contribution in [2.75, 3.05) is 14.2 Å². The molecule has 5 heteroatoms. The van der Waals surface area contributed by atoms with E-state index in [9.17, 15) is 14.7 Å². The second-order valence-electron chi connectivity index (χ2n) is 6.70. The molecular weight excluding hydrogens is 320 g/mol. The van der Waals surface area contributed by atoms with Gasteiger partial charge < -0.3 is 14.6 Å². The lowest BCUT2D eigenvalue weighted by Gasteiger charge is -2.31. The predicted octanol–water partition coefficient (Wildman–Crippen LogP) is 2.99. The number of rotatable bonds is 5. The average molecular weight is 342 g/mol. The zero-order valence-electron chi connectivity index (χ0n) is 14.6. The minimum atomic E-state index is -0.790. The molecule has 4 atom stereocenters. The van der Waals surface area contributed by atoms with Crippen LogP contribution >= 0.6 is 0 Å². The molecule has 4 unspecified atom stereocenters. The van der Waals surface area contributed by atoms with Gasteiger partial charge in [0.1, 0.15) is 0 Å². The quantitative estimate of drug-likeness (QED) is 0.658. The number of carbonyl (C=O) groups excluding carboxylic acids is 2. The fourth-order valence-electron chi connectivity index (χ4n) is 4.36. The van der Waals surface area contributed by atoms with E-state index in [4.69, 9.17) is 9.47 Å². The number of Topliss-reactive ketones (excluding diaryl/α,β-unsaturated/α-hetero) is 2. The first kappa shape index (κ1) is 17.3. The van der Waals surface area contributed by atoms with Gasteiger partial charge in [-0.2, -0.15) is 0 Å². The Kier molecular flexibility index (Phi) is 4.19. The lowest BCUT2D eigenvalue weighted by atomic mass is 9.71. The summed E-state index contributed by atoms with van der Waals surface area (Å²) in [7, 11) is 2.92. The average Bonchev–Trinajstić information content (AvgIpc) is 2.75. The molecule has 25 heavy (non-hydrogen) atoms. The van der Waals surface area contributed by atoms with Crippen LogP contribution in [0.5, 0.6) is 11.5 Å². The number of allylic oxidation sites excluding steroid dienone is 3. The van der Waals surface area contributed by atoms with Gasteiger partial charge in [0, 0.05) is 5.92 Å². The van der Waals surface area contributed by atoms with Crippen LogP contribution < -0.4 is 4.74 Å². The van der Waals surface area contributed by atoms with E-state index in [0.29, 0.717) is 12.2 Å². The molecule has 132 valence electrons. The zero-order chi connectivity index (χ0) is 18.4. The molecule has 2 aliphatic rings. The first-order valence-corrected chi connectivity index (χ1v) is 8.24. The molecule has 0 saturated heterocycles. The Bertz CT molecular complexity index is 778. The van der Waals surface area contributed by atoms with Crippen LogP contribution in [0.2, 0.25) is 0 Å². The number of carbonyl (C=O) groups is 2. The molecule has 1 aromatic rings. The summed E-state index contributed by atoms with van der Waals surface area (Å²) in [6.45, 7) is 5.76. The SMILES string of the molecule is C=CCC12C=C(OC)C(=O)C(C1=O)C(c1ccc(O)c(OC)c1)C2C. The monoisotopic (exact) mass is 342 g/mol. The summed E-state index contributed by atoms with van der Waals surface area (Å²) in [6, 6.07) is 4.98. The number of ether oxygens (including phenoxy) is 2. The molecule has 0 aliphatic heterocycles. The number of benzene rings is 1. The summed E-state index contributed by atoms with van der Waals surface area (Å²) < 4.78 is 10.4. The van der Waals surface area contributed by atoms with Gasteiger partial charge in [0.15, 0.2) is 23.0 Å². The molecule has 5 nitrogen and oxygen atoms in total. The molecule has 0 radical (unpaired) electrons. The van der Waals surface area contributed by atoms with Gasteiger partial charge >= 0.3 is 0 Å². The largest absolute Gasteiger partial charge is 0.504 e. The molecule has 1 saturated carbocycles. The Balaban J connectivity index is 2.16.